The lowest BCUT2D eigenvalue weighted by Gasteiger charge is -2.38. The Kier molecular flexibility index (Phi) is 4.33. The first-order valence-electron chi connectivity index (χ1n) is 9.16. The molecule has 0 saturated heterocycles. The summed E-state index contributed by atoms with van der Waals surface area (Å²) in [4.78, 5) is 0. The van der Waals surface area contributed by atoms with Gasteiger partial charge in [-0.15, -0.1) is 5.10 Å². The molecule has 2 aromatic rings. The minimum atomic E-state index is -0.169. The molecule has 1 fully saturated rings. The first kappa shape index (κ1) is 16.3. The van der Waals surface area contributed by atoms with Gasteiger partial charge in [-0.1, -0.05) is 13.8 Å². The fourth-order valence-electron chi connectivity index (χ4n) is 3.90. The van der Waals surface area contributed by atoms with Crippen molar-refractivity contribution in [3.05, 3.63) is 24.0 Å². The Labute approximate surface area is 147 Å². The number of fused-ring (bicyclic) bond motifs is 1. The number of nitrogens with one attached hydrogen (secondary N) is 1. The van der Waals surface area contributed by atoms with Crippen LogP contribution in [0, 0.1) is 5.92 Å². The van der Waals surface area contributed by atoms with Gasteiger partial charge in [-0.25, -0.2) is 0 Å². The van der Waals surface area contributed by atoms with Gasteiger partial charge < -0.3 is 14.8 Å². The van der Waals surface area contributed by atoms with Crippen LogP contribution in [0.3, 0.4) is 0 Å². The van der Waals surface area contributed by atoms with E-state index >= 15 is 0 Å². The maximum Gasteiger partial charge on any atom is 0.176 e. The molecule has 2 aliphatic rings. The molecule has 25 heavy (non-hydrogen) atoms. The lowest BCUT2D eigenvalue weighted by molar-refractivity contribution is 0.171. The molecule has 2 heterocycles. The average molecular weight is 343 g/mol. The van der Waals surface area contributed by atoms with Crippen molar-refractivity contribution >= 4 is 0 Å². The van der Waals surface area contributed by atoms with Crippen LogP contribution in [0.4, 0.5) is 0 Å². The zero-order chi connectivity index (χ0) is 17.3. The third kappa shape index (κ3) is 2.97. The summed E-state index contributed by atoms with van der Waals surface area (Å²) in [5.74, 6) is 3.17. The molecule has 134 valence electrons. The number of tetrazole rings is 1. The Morgan fingerprint density at radius 3 is 2.72 bits per heavy atom. The molecular formula is C18H25N5O2. The molecule has 1 aliphatic carbocycles. The summed E-state index contributed by atoms with van der Waals surface area (Å²) in [5, 5.41) is 16.3. The molecule has 4 rings (SSSR count). The van der Waals surface area contributed by atoms with E-state index in [2.05, 4.69) is 34.7 Å². The van der Waals surface area contributed by atoms with Gasteiger partial charge >= 0.3 is 0 Å². The third-order valence-corrected chi connectivity index (χ3v) is 5.31. The van der Waals surface area contributed by atoms with Gasteiger partial charge in [0, 0.05) is 6.07 Å². The molecule has 7 nitrogen and oxygen atoms in total. The summed E-state index contributed by atoms with van der Waals surface area (Å²) in [6.45, 7) is 6.50. The van der Waals surface area contributed by atoms with E-state index in [0.717, 1.165) is 48.3 Å². The second-order valence-electron chi connectivity index (χ2n) is 7.04. The molecule has 1 saturated carbocycles. The van der Waals surface area contributed by atoms with Gasteiger partial charge in [-0.3, -0.25) is 0 Å². The third-order valence-electron chi connectivity index (χ3n) is 5.31. The van der Waals surface area contributed by atoms with Gasteiger partial charge in [0.15, 0.2) is 17.3 Å². The predicted molar refractivity (Wildman–Crippen MR) is 93.1 cm³/mol. The van der Waals surface area contributed by atoms with Crippen LogP contribution in [0.1, 0.15) is 45.4 Å². The quantitative estimate of drug-likeness (QED) is 0.919. The standard InChI is InChI=1S/C18H25N5O2/c1-3-19-18(8-6-13(2)7-9-18)17-20-21-22-23(17)14-4-5-15-16(12-14)25-11-10-24-15/h4-5,12-13,19H,3,6-11H2,1-2H3. The molecule has 1 N–H and O–H groups in total. The van der Waals surface area contributed by atoms with Crippen molar-refractivity contribution in [2.75, 3.05) is 19.8 Å². The minimum absolute atomic E-state index is 0.169. The van der Waals surface area contributed by atoms with Crippen LogP contribution in [0.5, 0.6) is 11.5 Å². The number of ether oxygens (including phenoxy) is 2. The highest BCUT2D eigenvalue weighted by Gasteiger charge is 2.40. The van der Waals surface area contributed by atoms with Crippen molar-refractivity contribution in [3.8, 4) is 17.2 Å². The summed E-state index contributed by atoms with van der Waals surface area (Å²) in [7, 11) is 0. The topological polar surface area (TPSA) is 74.1 Å². The Morgan fingerprint density at radius 2 is 1.96 bits per heavy atom. The molecule has 0 amide bonds. The van der Waals surface area contributed by atoms with E-state index in [1.54, 1.807) is 0 Å². The van der Waals surface area contributed by atoms with Gasteiger partial charge in [0.05, 0.1) is 11.2 Å². The molecule has 0 bridgehead atoms. The number of hydrogen-bond donors (Lipinski definition) is 1. The molecule has 7 heteroatoms. The second-order valence-corrected chi connectivity index (χ2v) is 7.04. The minimum Gasteiger partial charge on any atom is -0.486 e. The van der Waals surface area contributed by atoms with Gasteiger partial charge in [0.1, 0.15) is 13.2 Å². The summed E-state index contributed by atoms with van der Waals surface area (Å²) < 4.78 is 13.2. The number of rotatable bonds is 4. The second kappa shape index (κ2) is 6.63. The molecule has 0 radical (unpaired) electrons. The Balaban J connectivity index is 1.72. The van der Waals surface area contributed by atoms with Gasteiger partial charge in [-0.2, -0.15) is 4.68 Å². The first-order valence-corrected chi connectivity index (χ1v) is 9.16. The Bertz CT molecular complexity index is 737. The molecule has 0 atom stereocenters. The Hall–Kier alpha value is -2.15. The van der Waals surface area contributed by atoms with Crippen LogP contribution in [-0.4, -0.2) is 40.0 Å². The Morgan fingerprint density at radius 1 is 1.20 bits per heavy atom. The number of hydrogen-bond acceptors (Lipinski definition) is 6. The largest absolute Gasteiger partial charge is 0.486 e. The van der Waals surface area contributed by atoms with Crippen molar-refractivity contribution in [2.45, 2.75) is 45.1 Å². The molecule has 0 unspecified atom stereocenters. The van der Waals surface area contributed by atoms with Crippen LogP contribution >= 0.6 is 0 Å². The maximum absolute atomic E-state index is 5.71. The molecule has 1 aromatic carbocycles. The lowest BCUT2D eigenvalue weighted by atomic mass is 9.76. The van der Waals surface area contributed by atoms with Crippen molar-refractivity contribution in [2.24, 2.45) is 5.92 Å². The monoisotopic (exact) mass is 343 g/mol. The van der Waals surface area contributed by atoms with Crippen LogP contribution in [0.25, 0.3) is 5.69 Å². The molecule has 1 aromatic heterocycles. The fourth-order valence-corrected chi connectivity index (χ4v) is 3.90. The van der Waals surface area contributed by atoms with E-state index in [0.29, 0.717) is 13.2 Å². The van der Waals surface area contributed by atoms with Crippen LogP contribution in [-0.2, 0) is 5.54 Å². The summed E-state index contributed by atoms with van der Waals surface area (Å²) in [5.41, 5.74) is 0.734. The number of benzene rings is 1. The normalized spacial score (nSPS) is 25.8. The van der Waals surface area contributed by atoms with E-state index in [1.165, 1.54) is 12.8 Å². The number of aromatic nitrogens is 4. The van der Waals surface area contributed by atoms with Crippen LogP contribution < -0.4 is 14.8 Å². The molecular weight excluding hydrogens is 318 g/mol. The highest BCUT2D eigenvalue weighted by Crippen LogP contribution is 2.39. The van der Waals surface area contributed by atoms with Crippen molar-refractivity contribution in [1.82, 2.24) is 25.5 Å². The van der Waals surface area contributed by atoms with E-state index in [4.69, 9.17) is 9.47 Å². The van der Waals surface area contributed by atoms with Crippen molar-refractivity contribution in [3.63, 3.8) is 0 Å². The zero-order valence-corrected chi connectivity index (χ0v) is 14.9. The fraction of sp³-hybridized carbons (Fsp3) is 0.611. The van der Waals surface area contributed by atoms with Gasteiger partial charge in [-0.05, 0) is 60.7 Å². The summed E-state index contributed by atoms with van der Waals surface area (Å²) in [6, 6.07) is 5.87. The predicted octanol–water partition coefficient (Wildman–Crippen LogP) is 2.45. The molecule has 0 spiro atoms. The van der Waals surface area contributed by atoms with Gasteiger partial charge in [0.2, 0.25) is 0 Å². The van der Waals surface area contributed by atoms with Crippen LogP contribution in [0.15, 0.2) is 18.2 Å². The highest BCUT2D eigenvalue weighted by molar-refractivity contribution is 5.49. The van der Waals surface area contributed by atoms with E-state index in [9.17, 15) is 0 Å². The zero-order valence-electron chi connectivity index (χ0n) is 14.9. The first-order chi connectivity index (χ1) is 12.2. The van der Waals surface area contributed by atoms with Gasteiger partial charge in [0.25, 0.3) is 0 Å². The van der Waals surface area contributed by atoms with Crippen LogP contribution in [0.2, 0.25) is 0 Å². The van der Waals surface area contributed by atoms with E-state index in [-0.39, 0.29) is 5.54 Å². The van der Waals surface area contributed by atoms with E-state index in [1.807, 2.05) is 22.9 Å². The number of nitrogens with zero attached hydrogens (tertiary/aromatic N) is 4. The van der Waals surface area contributed by atoms with E-state index < -0.39 is 0 Å². The SMILES string of the molecule is CCNC1(c2nnnn2-c2ccc3c(c2)OCCO3)CCC(C)CC1. The summed E-state index contributed by atoms with van der Waals surface area (Å²) in [6.07, 6.45) is 4.46. The maximum atomic E-state index is 5.71. The molecule has 1 aliphatic heterocycles. The average Bonchev–Trinajstić information content (AvgIpc) is 3.14. The smallest absolute Gasteiger partial charge is 0.176 e. The van der Waals surface area contributed by atoms with Crippen molar-refractivity contribution in [1.29, 1.82) is 0 Å². The summed E-state index contributed by atoms with van der Waals surface area (Å²) >= 11 is 0. The lowest BCUT2D eigenvalue weighted by Crippen LogP contribution is -2.47. The van der Waals surface area contributed by atoms with Crippen molar-refractivity contribution < 1.29 is 9.47 Å². The highest BCUT2D eigenvalue weighted by atomic mass is 16.6.